The van der Waals surface area contributed by atoms with Crippen LogP contribution < -0.4 is 5.32 Å². The predicted molar refractivity (Wildman–Crippen MR) is 81.6 cm³/mol. The van der Waals surface area contributed by atoms with E-state index in [9.17, 15) is 0 Å². The van der Waals surface area contributed by atoms with Crippen LogP contribution in [0.3, 0.4) is 0 Å². The van der Waals surface area contributed by atoms with Crippen LogP contribution >= 0.6 is 23.4 Å². The molecule has 0 spiro atoms. The topological polar surface area (TPSA) is 12.0 Å². The fourth-order valence-corrected chi connectivity index (χ4v) is 4.10. The van der Waals surface area contributed by atoms with E-state index in [0.717, 1.165) is 5.02 Å². The van der Waals surface area contributed by atoms with Crippen molar-refractivity contribution in [3.63, 3.8) is 0 Å². The lowest BCUT2D eigenvalue weighted by Crippen LogP contribution is -2.36. The minimum absolute atomic E-state index is 0.644. The summed E-state index contributed by atoms with van der Waals surface area (Å²) in [6.45, 7) is 0. The van der Waals surface area contributed by atoms with Crippen LogP contribution in [-0.2, 0) is 0 Å². The van der Waals surface area contributed by atoms with Crippen LogP contribution in [0.25, 0.3) is 0 Å². The number of hydrogen-bond acceptors (Lipinski definition) is 2. The molecule has 2 unspecified atom stereocenters. The molecule has 2 atom stereocenters. The molecule has 1 N–H and O–H groups in total. The zero-order valence-electron chi connectivity index (χ0n) is 11.0. The molecule has 0 heterocycles. The molecule has 0 aromatic heterocycles. The molecule has 1 aliphatic rings. The lowest BCUT2D eigenvalue weighted by molar-refractivity contribution is 0.420. The zero-order chi connectivity index (χ0) is 12.8. The van der Waals surface area contributed by atoms with Gasteiger partial charge in [0.1, 0.15) is 0 Å². The molecule has 100 valence electrons. The van der Waals surface area contributed by atoms with E-state index in [4.69, 9.17) is 11.6 Å². The van der Waals surface area contributed by atoms with Crippen molar-refractivity contribution in [3.05, 3.63) is 29.3 Å². The smallest absolute Gasteiger partial charge is 0.0406 e. The fourth-order valence-electron chi connectivity index (χ4n) is 2.61. The molecule has 0 aliphatic heterocycles. The van der Waals surface area contributed by atoms with E-state index in [1.165, 1.54) is 43.4 Å². The molecule has 0 saturated heterocycles. The lowest BCUT2D eigenvalue weighted by Gasteiger charge is -2.28. The van der Waals surface area contributed by atoms with Gasteiger partial charge in [-0.3, -0.25) is 0 Å². The van der Waals surface area contributed by atoms with Gasteiger partial charge < -0.3 is 5.32 Å². The normalized spacial score (nSPS) is 25.4. The van der Waals surface area contributed by atoms with Crippen LogP contribution in [0, 0.1) is 0 Å². The average Bonchev–Trinajstić information content (AvgIpc) is 2.36. The van der Waals surface area contributed by atoms with Crippen molar-refractivity contribution in [2.45, 2.75) is 54.7 Å². The Hall–Kier alpha value is -0.180. The predicted octanol–water partition coefficient (Wildman–Crippen LogP) is 4.74. The van der Waals surface area contributed by atoms with Crippen molar-refractivity contribution in [1.82, 2.24) is 5.32 Å². The summed E-state index contributed by atoms with van der Waals surface area (Å²) in [5, 5.41) is 5.02. The van der Waals surface area contributed by atoms with Gasteiger partial charge in [-0.25, -0.2) is 0 Å². The first-order chi connectivity index (χ1) is 8.79. The second-order valence-corrected chi connectivity index (χ2v) is 6.75. The van der Waals surface area contributed by atoms with Crippen LogP contribution in [0.2, 0.25) is 5.02 Å². The van der Waals surface area contributed by atoms with E-state index in [-0.39, 0.29) is 0 Å². The maximum atomic E-state index is 5.94. The zero-order valence-corrected chi connectivity index (χ0v) is 12.6. The van der Waals surface area contributed by atoms with Crippen LogP contribution in [0.1, 0.15) is 38.5 Å². The van der Waals surface area contributed by atoms with Gasteiger partial charge in [-0.1, -0.05) is 37.3 Å². The highest BCUT2D eigenvalue weighted by Crippen LogP contribution is 2.32. The second-order valence-electron chi connectivity index (χ2n) is 5.00. The van der Waals surface area contributed by atoms with Gasteiger partial charge in [-0.05, 0) is 44.2 Å². The van der Waals surface area contributed by atoms with Gasteiger partial charge >= 0.3 is 0 Å². The first-order valence-corrected chi connectivity index (χ1v) is 8.15. The molecule has 1 aliphatic carbocycles. The Bertz CT molecular complexity index is 352. The van der Waals surface area contributed by atoms with E-state index in [0.29, 0.717) is 11.3 Å². The Labute approximate surface area is 120 Å². The van der Waals surface area contributed by atoms with Crippen LogP contribution in [0.5, 0.6) is 0 Å². The summed E-state index contributed by atoms with van der Waals surface area (Å²) >= 11 is 7.94. The summed E-state index contributed by atoms with van der Waals surface area (Å²) in [4.78, 5) is 1.34. The summed E-state index contributed by atoms with van der Waals surface area (Å²) in [6, 6.07) is 8.89. The highest BCUT2D eigenvalue weighted by Gasteiger charge is 2.22. The number of nitrogens with one attached hydrogen (secondary N) is 1. The van der Waals surface area contributed by atoms with Crippen LogP contribution in [0.4, 0.5) is 0 Å². The minimum atomic E-state index is 0.644. The molecule has 1 nitrogen and oxygen atoms in total. The highest BCUT2D eigenvalue weighted by molar-refractivity contribution is 8.00. The summed E-state index contributed by atoms with van der Waals surface area (Å²) in [6.07, 6.45) is 8.15. The first kappa shape index (κ1) is 14.2. The van der Waals surface area contributed by atoms with Crippen molar-refractivity contribution in [1.29, 1.82) is 0 Å². The van der Waals surface area contributed by atoms with Crippen LogP contribution in [0.15, 0.2) is 29.2 Å². The summed E-state index contributed by atoms with van der Waals surface area (Å²) in [5.41, 5.74) is 0. The summed E-state index contributed by atoms with van der Waals surface area (Å²) < 4.78 is 0. The van der Waals surface area contributed by atoms with E-state index in [2.05, 4.69) is 24.5 Å². The molecular weight excluding hydrogens is 262 g/mol. The SMILES string of the molecule is CNC1CCCCCCC1Sc1ccc(Cl)cc1. The molecule has 1 saturated carbocycles. The number of rotatable bonds is 3. The molecule has 1 aromatic carbocycles. The van der Waals surface area contributed by atoms with Crippen molar-refractivity contribution in [3.8, 4) is 0 Å². The van der Waals surface area contributed by atoms with E-state index in [1.54, 1.807) is 0 Å². The minimum Gasteiger partial charge on any atom is -0.316 e. The molecule has 0 bridgehead atoms. The number of hydrogen-bond donors (Lipinski definition) is 1. The Morgan fingerprint density at radius 2 is 1.72 bits per heavy atom. The number of halogens is 1. The summed E-state index contributed by atoms with van der Waals surface area (Å²) in [7, 11) is 2.10. The van der Waals surface area contributed by atoms with Crippen molar-refractivity contribution in [2.75, 3.05) is 7.05 Å². The third-order valence-electron chi connectivity index (χ3n) is 3.67. The Morgan fingerprint density at radius 3 is 2.39 bits per heavy atom. The Morgan fingerprint density at radius 1 is 1.06 bits per heavy atom. The summed E-state index contributed by atoms with van der Waals surface area (Å²) in [5.74, 6) is 0. The first-order valence-electron chi connectivity index (χ1n) is 6.89. The maximum absolute atomic E-state index is 5.94. The molecule has 1 aromatic rings. The monoisotopic (exact) mass is 283 g/mol. The quantitative estimate of drug-likeness (QED) is 0.860. The molecule has 2 rings (SSSR count). The van der Waals surface area contributed by atoms with Crippen molar-refractivity contribution in [2.24, 2.45) is 0 Å². The molecule has 0 amide bonds. The largest absolute Gasteiger partial charge is 0.316 e. The van der Waals surface area contributed by atoms with Gasteiger partial charge in [0, 0.05) is 21.2 Å². The molecule has 1 fully saturated rings. The van der Waals surface area contributed by atoms with Gasteiger partial charge in [0.15, 0.2) is 0 Å². The van der Waals surface area contributed by atoms with Gasteiger partial charge in [0.25, 0.3) is 0 Å². The standard InChI is InChI=1S/C15H22ClNS/c1-17-14-6-4-2-3-5-7-15(14)18-13-10-8-12(16)9-11-13/h8-11,14-15,17H,2-7H2,1H3. The van der Waals surface area contributed by atoms with Gasteiger partial charge in [-0.15, -0.1) is 11.8 Å². The highest BCUT2D eigenvalue weighted by atomic mass is 35.5. The Kier molecular flexibility index (Phi) is 5.87. The molecular formula is C15H22ClNS. The van der Waals surface area contributed by atoms with E-state index < -0.39 is 0 Å². The van der Waals surface area contributed by atoms with E-state index in [1.807, 2.05) is 23.9 Å². The Balaban J connectivity index is 2.00. The van der Waals surface area contributed by atoms with Crippen molar-refractivity contribution >= 4 is 23.4 Å². The molecule has 0 radical (unpaired) electrons. The third kappa shape index (κ3) is 4.18. The number of thioether (sulfide) groups is 1. The van der Waals surface area contributed by atoms with Crippen LogP contribution in [-0.4, -0.2) is 18.3 Å². The molecule has 18 heavy (non-hydrogen) atoms. The number of benzene rings is 1. The van der Waals surface area contributed by atoms with Gasteiger partial charge in [-0.2, -0.15) is 0 Å². The molecule has 3 heteroatoms. The van der Waals surface area contributed by atoms with Gasteiger partial charge in [0.05, 0.1) is 0 Å². The average molecular weight is 284 g/mol. The second kappa shape index (κ2) is 7.42. The third-order valence-corrected chi connectivity index (χ3v) is 5.34. The van der Waals surface area contributed by atoms with Gasteiger partial charge in [0.2, 0.25) is 0 Å². The fraction of sp³-hybridized carbons (Fsp3) is 0.600. The van der Waals surface area contributed by atoms with E-state index >= 15 is 0 Å². The van der Waals surface area contributed by atoms with Crippen molar-refractivity contribution < 1.29 is 0 Å². The maximum Gasteiger partial charge on any atom is 0.0406 e. The lowest BCUT2D eigenvalue weighted by atomic mass is 9.96.